The minimum Gasteiger partial charge on any atom is -0.393 e. The van der Waals surface area contributed by atoms with E-state index in [0.29, 0.717) is 41.4 Å². The van der Waals surface area contributed by atoms with Crippen LogP contribution in [0.1, 0.15) is 79.1 Å². The molecule has 4 saturated carbocycles. The highest BCUT2D eigenvalue weighted by Crippen LogP contribution is 2.68. The first-order chi connectivity index (χ1) is 11.6. The molecule has 4 fully saturated rings. The molecular weight excluding hydrogens is 312 g/mol. The smallest absolute Gasteiger partial charge is 0.161 e. The Hall–Kier alpha value is -0.410. The van der Waals surface area contributed by atoms with Crippen LogP contribution in [0.25, 0.3) is 0 Å². The van der Waals surface area contributed by atoms with E-state index in [4.69, 9.17) is 0 Å². The van der Waals surface area contributed by atoms with E-state index in [9.17, 15) is 15.0 Å². The zero-order valence-electron chi connectivity index (χ0n) is 16.4. The van der Waals surface area contributed by atoms with Gasteiger partial charge in [-0.1, -0.05) is 20.8 Å². The van der Waals surface area contributed by atoms with Crippen molar-refractivity contribution in [3.8, 4) is 0 Å². The average Bonchev–Trinajstić information content (AvgIpc) is 2.84. The molecule has 4 aliphatic carbocycles. The number of hydrogen-bond donors (Lipinski definition) is 2. The Kier molecular flexibility index (Phi) is 3.99. The Labute approximate surface area is 152 Å². The largest absolute Gasteiger partial charge is 0.393 e. The van der Waals surface area contributed by atoms with E-state index in [1.165, 1.54) is 12.8 Å². The van der Waals surface area contributed by atoms with E-state index >= 15 is 0 Å². The number of aliphatic hydroxyl groups excluding tert-OH is 1. The maximum Gasteiger partial charge on any atom is 0.161 e. The number of aliphatic hydroxyl groups is 2. The van der Waals surface area contributed by atoms with Crippen LogP contribution in [0.4, 0.5) is 0 Å². The van der Waals surface area contributed by atoms with Crippen LogP contribution in [0.15, 0.2) is 0 Å². The summed E-state index contributed by atoms with van der Waals surface area (Å²) in [5.74, 6) is 2.86. The topological polar surface area (TPSA) is 57.5 Å². The van der Waals surface area contributed by atoms with Crippen LogP contribution < -0.4 is 0 Å². The molecule has 2 N–H and O–H groups in total. The van der Waals surface area contributed by atoms with Gasteiger partial charge >= 0.3 is 0 Å². The van der Waals surface area contributed by atoms with Crippen molar-refractivity contribution in [1.29, 1.82) is 0 Å². The highest BCUT2D eigenvalue weighted by molar-refractivity contribution is 5.86. The van der Waals surface area contributed by atoms with Crippen molar-refractivity contribution in [3.63, 3.8) is 0 Å². The Bertz CT molecular complexity index is 574. The minimum absolute atomic E-state index is 0.0229. The normalized spacial score (nSPS) is 58.2. The molecule has 0 bridgehead atoms. The van der Waals surface area contributed by atoms with Gasteiger partial charge in [0.1, 0.15) is 5.60 Å². The molecule has 7 unspecified atom stereocenters. The molecule has 0 aromatic rings. The molecule has 4 rings (SSSR count). The fourth-order valence-electron chi connectivity index (χ4n) is 8.30. The fourth-order valence-corrected chi connectivity index (χ4v) is 8.30. The van der Waals surface area contributed by atoms with Gasteiger partial charge in [0, 0.05) is 5.41 Å². The molecule has 0 amide bonds. The molecule has 3 heteroatoms. The van der Waals surface area contributed by atoms with Gasteiger partial charge in [-0.05, 0) is 93.3 Å². The van der Waals surface area contributed by atoms with Gasteiger partial charge in [-0.15, -0.1) is 0 Å². The Balaban J connectivity index is 1.66. The summed E-state index contributed by atoms with van der Waals surface area (Å²) in [4.78, 5) is 12.3. The molecule has 4 aliphatic rings. The maximum atomic E-state index is 12.3. The van der Waals surface area contributed by atoms with Gasteiger partial charge in [0.2, 0.25) is 0 Å². The van der Waals surface area contributed by atoms with E-state index in [1.54, 1.807) is 6.92 Å². The van der Waals surface area contributed by atoms with Crippen LogP contribution in [0, 0.1) is 40.4 Å². The van der Waals surface area contributed by atoms with Gasteiger partial charge in [-0.2, -0.15) is 0 Å². The van der Waals surface area contributed by atoms with Gasteiger partial charge in [0.15, 0.2) is 5.78 Å². The molecule has 0 aromatic heterocycles. The summed E-state index contributed by atoms with van der Waals surface area (Å²) >= 11 is 0. The van der Waals surface area contributed by atoms with Crippen LogP contribution in [0.2, 0.25) is 0 Å². The average molecular weight is 349 g/mol. The lowest BCUT2D eigenvalue weighted by Gasteiger charge is -2.62. The lowest BCUT2D eigenvalue weighted by Crippen LogP contribution is -2.59. The predicted molar refractivity (Wildman–Crippen MR) is 97.9 cm³/mol. The second-order valence-corrected chi connectivity index (χ2v) is 10.4. The van der Waals surface area contributed by atoms with Crippen molar-refractivity contribution in [1.82, 2.24) is 0 Å². The summed E-state index contributed by atoms with van der Waals surface area (Å²) in [5.41, 5.74) is -1.00. The number of Topliss-reactive ketones (excluding diaryl/α,β-unsaturated/α-hetero) is 1. The first kappa shape index (κ1) is 18.0. The number of carbonyl (C=O) groups excluding carboxylic acids is 1. The number of hydrogen-bond acceptors (Lipinski definition) is 3. The van der Waals surface area contributed by atoms with Crippen LogP contribution in [0.5, 0.6) is 0 Å². The first-order valence-electron chi connectivity index (χ1n) is 10.6. The molecule has 0 heterocycles. The van der Waals surface area contributed by atoms with Crippen molar-refractivity contribution >= 4 is 5.78 Å². The standard InChI is InChI=1S/C22H36O3/c1-13-16-6-5-15-17(20(16,3)10-9-19(13)24)7-11-21(4)18(15)8-12-22(21,25)14(2)23/h13,15-19,24-25H,5-12H2,1-4H3/t13?,15?,16?,17?,18?,19?,20-,21-,22?/m0/s1. The SMILES string of the molecule is CC(=O)C1(O)CCC2C3CCC4C(C)C(O)CC[C@]4(C)C3CC[C@@]21C. The quantitative estimate of drug-likeness (QED) is 0.754. The summed E-state index contributed by atoms with van der Waals surface area (Å²) in [7, 11) is 0. The van der Waals surface area contributed by atoms with Crippen LogP contribution >= 0.6 is 0 Å². The Morgan fingerprint density at radius 3 is 2.28 bits per heavy atom. The summed E-state index contributed by atoms with van der Waals surface area (Å²) in [6.45, 7) is 8.53. The van der Waals surface area contributed by atoms with Gasteiger partial charge in [-0.3, -0.25) is 4.79 Å². The van der Waals surface area contributed by atoms with E-state index in [2.05, 4.69) is 20.8 Å². The van der Waals surface area contributed by atoms with E-state index in [-0.39, 0.29) is 17.3 Å². The van der Waals surface area contributed by atoms with Gasteiger partial charge in [-0.25, -0.2) is 0 Å². The fraction of sp³-hybridized carbons (Fsp3) is 0.955. The van der Waals surface area contributed by atoms with Gasteiger partial charge < -0.3 is 10.2 Å². The maximum absolute atomic E-state index is 12.3. The predicted octanol–water partition coefficient (Wildman–Crippen LogP) is 3.96. The molecule has 0 aliphatic heterocycles. The molecule has 25 heavy (non-hydrogen) atoms. The molecule has 0 aromatic carbocycles. The van der Waals surface area contributed by atoms with Crippen LogP contribution in [-0.2, 0) is 4.79 Å². The second kappa shape index (κ2) is 5.55. The monoisotopic (exact) mass is 348 g/mol. The third-order valence-electron chi connectivity index (χ3n) is 9.90. The van der Waals surface area contributed by atoms with Crippen molar-refractivity contribution in [2.75, 3.05) is 0 Å². The number of ketones is 1. The summed E-state index contributed by atoms with van der Waals surface area (Å²) < 4.78 is 0. The van der Waals surface area contributed by atoms with Crippen molar-refractivity contribution < 1.29 is 15.0 Å². The van der Waals surface area contributed by atoms with Crippen LogP contribution in [-0.4, -0.2) is 27.7 Å². The second-order valence-electron chi connectivity index (χ2n) is 10.4. The number of rotatable bonds is 1. The van der Waals surface area contributed by atoms with Gasteiger partial charge in [0.05, 0.1) is 6.10 Å². The van der Waals surface area contributed by atoms with Crippen molar-refractivity contribution in [2.45, 2.75) is 90.8 Å². The zero-order valence-corrected chi connectivity index (χ0v) is 16.4. The summed E-state index contributed by atoms with van der Waals surface area (Å²) in [6.07, 6.45) is 8.17. The molecular formula is C22H36O3. The molecule has 0 spiro atoms. The number of fused-ring (bicyclic) bond motifs is 5. The molecule has 142 valence electrons. The van der Waals surface area contributed by atoms with Crippen LogP contribution in [0.3, 0.4) is 0 Å². The third kappa shape index (κ3) is 2.15. The van der Waals surface area contributed by atoms with E-state index in [1.807, 2.05) is 0 Å². The molecule has 9 atom stereocenters. The molecule has 0 saturated heterocycles. The van der Waals surface area contributed by atoms with E-state index in [0.717, 1.165) is 32.1 Å². The summed E-state index contributed by atoms with van der Waals surface area (Å²) in [6, 6.07) is 0. The zero-order chi connectivity index (χ0) is 18.2. The number of carbonyl (C=O) groups is 1. The lowest BCUT2D eigenvalue weighted by atomic mass is 9.43. The third-order valence-corrected chi connectivity index (χ3v) is 9.90. The summed E-state index contributed by atoms with van der Waals surface area (Å²) in [5, 5.41) is 21.6. The van der Waals surface area contributed by atoms with Crippen molar-refractivity contribution in [2.24, 2.45) is 40.4 Å². The van der Waals surface area contributed by atoms with E-state index < -0.39 is 5.60 Å². The lowest BCUT2D eigenvalue weighted by molar-refractivity contribution is -0.176. The van der Waals surface area contributed by atoms with Gasteiger partial charge in [0.25, 0.3) is 0 Å². The first-order valence-corrected chi connectivity index (χ1v) is 10.6. The highest BCUT2D eigenvalue weighted by Gasteiger charge is 2.66. The highest BCUT2D eigenvalue weighted by atomic mass is 16.3. The Morgan fingerprint density at radius 1 is 0.920 bits per heavy atom. The molecule has 3 nitrogen and oxygen atoms in total. The minimum atomic E-state index is -1.10. The molecule has 0 radical (unpaired) electrons. The Morgan fingerprint density at radius 2 is 1.60 bits per heavy atom. The van der Waals surface area contributed by atoms with Crippen molar-refractivity contribution in [3.05, 3.63) is 0 Å².